The number of ether oxygens (including phenoxy) is 1. The molecule has 0 unspecified atom stereocenters. The van der Waals surface area contributed by atoms with Gasteiger partial charge in [0.05, 0.1) is 5.69 Å². The van der Waals surface area contributed by atoms with Gasteiger partial charge in [0.2, 0.25) is 5.91 Å². The molecule has 3 aliphatic heterocycles. The van der Waals surface area contributed by atoms with Crippen molar-refractivity contribution < 1.29 is 14.1 Å². The lowest BCUT2D eigenvalue weighted by atomic mass is 9.92. The molecule has 0 bridgehead atoms. The topological polar surface area (TPSA) is 58.8 Å². The second-order valence-corrected chi connectivity index (χ2v) is 7.84. The number of carbonyl (C=O) groups is 1. The molecular weight excluding hydrogens is 318 g/mol. The molecule has 0 aliphatic carbocycles. The summed E-state index contributed by atoms with van der Waals surface area (Å²) in [5.41, 5.74) is 2.21. The minimum atomic E-state index is 0.354. The first-order valence-electron chi connectivity index (χ1n) is 9.66. The minimum absolute atomic E-state index is 0.354. The monoisotopic (exact) mass is 347 g/mol. The van der Waals surface area contributed by atoms with Crippen LogP contribution in [0.3, 0.4) is 0 Å². The number of likely N-dealkylation sites (tertiary alicyclic amines) is 2. The van der Waals surface area contributed by atoms with Gasteiger partial charge in [-0.2, -0.15) is 0 Å². The van der Waals surface area contributed by atoms with Gasteiger partial charge in [-0.1, -0.05) is 5.16 Å². The molecule has 6 heteroatoms. The molecule has 1 amide bonds. The summed E-state index contributed by atoms with van der Waals surface area (Å²) in [6.07, 6.45) is 4.93. The number of aromatic nitrogens is 1. The molecule has 1 aromatic rings. The van der Waals surface area contributed by atoms with E-state index < -0.39 is 0 Å². The fourth-order valence-electron chi connectivity index (χ4n) is 4.81. The van der Waals surface area contributed by atoms with Gasteiger partial charge in [0.1, 0.15) is 5.76 Å². The second kappa shape index (κ2) is 7.08. The van der Waals surface area contributed by atoms with Crippen molar-refractivity contribution >= 4 is 5.91 Å². The Hall–Kier alpha value is -1.40. The molecular formula is C19H29N3O3. The lowest BCUT2D eigenvalue weighted by molar-refractivity contribution is -0.139. The van der Waals surface area contributed by atoms with Crippen LogP contribution < -0.4 is 0 Å². The van der Waals surface area contributed by atoms with E-state index in [0.717, 1.165) is 70.0 Å². The van der Waals surface area contributed by atoms with Crippen molar-refractivity contribution in [1.29, 1.82) is 0 Å². The van der Waals surface area contributed by atoms with E-state index in [1.54, 1.807) is 0 Å². The van der Waals surface area contributed by atoms with Gasteiger partial charge in [0.15, 0.2) is 0 Å². The summed E-state index contributed by atoms with van der Waals surface area (Å²) in [4.78, 5) is 17.3. The fraction of sp³-hybridized carbons (Fsp3) is 0.789. The minimum Gasteiger partial charge on any atom is -0.381 e. The van der Waals surface area contributed by atoms with E-state index in [4.69, 9.17) is 9.26 Å². The zero-order valence-corrected chi connectivity index (χ0v) is 15.4. The maximum atomic E-state index is 12.6. The average Bonchev–Trinajstić information content (AvgIpc) is 3.17. The Bertz CT molecular complexity index is 604. The predicted octanol–water partition coefficient (Wildman–Crippen LogP) is 2.28. The van der Waals surface area contributed by atoms with E-state index in [2.05, 4.69) is 15.0 Å². The summed E-state index contributed by atoms with van der Waals surface area (Å²) in [6, 6.07) is 0.857. The molecule has 4 heterocycles. The maximum Gasteiger partial charge on any atom is 0.222 e. The molecule has 0 radical (unpaired) electrons. The normalized spacial score (nSPS) is 28.6. The van der Waals surface area contributed by atoms with Crippen LogP contribution in [-0.2, 0) is 16.1 Å². The van der Waals surface area contributed by atoms with E-state index in [9.17, 15) is 4.79 Å². The van der Waals surface area contributed by atoms with Crippen LogP contribution in [0.2, 0.25) is 0 Å². The zero-order chi connectivity index (χ0) is 17.4. The van der Waals surface area contributed by atoms with Gasteiger partial charge in [-0.15, -0.1) is 0 Å². The molecule has 138 valence electrons. The van der Waals surface area contributed by atoms with Crippen molar-refractivity contribution in [2.75, 3.05) is 26.3 Å². The number of piperidine rings is 1. The van der Waals surface area contributed by atoms with E-state index in [1.165, 1.54) is 5.56 Å². The number of rotatable bonds is 4. The van der Waals surface area contributed by atoms with Crippen molar-refractivity contribution in [1.82, 2.24) is 15.0 Å². The summed E-state index contributed by atoms with van der Waals surface area (Å²) in [5, 5.41) is 4.09. The van der Waals surface area contributed by atoms with Gasteiger partial charge in [0, 0.05) is 56.9 Å². The van der Waals surface area contributed by atoms with Gasteiger partial charge in [-0.05, 0) is 45.4 Å². The number of aryl methyl sites for hydroxylation is 2. The fourth-order valence-corrected chi connectivity index (χ4v) is 4.81. The van der Waals surface area contributed by atoms with Gasteiger partial charge >= 0.3 is 0 Å². The Kier molecular flexibility index (Phi) is 4.82. The first kappa shape index (κ1) is 17.0. The van der Waals surface area contributed by atoms with E-state index >= 15 is 0 Å². The highest BCUT2D eigenvalue weighted by Gasteiger charge is 2.43. The molecule has 6 nitrogen and oxygen atoms in total. The highest BCUT2D eigenvalue weighted by molar-refractivity contribution is 5.77. The molecule has 0 spiro atoms. The molecule has 0 N–H and O–H groups in total. The largest absolute Gasteiger partial charge is 0.381 e. The highest BCUT2D eigenvalue weighted by atomic mass is 16.5. The number of carbonyl (C=O) groups excluding carboxylic acids is 1. The summed E-state index contributed by atoms with van der Waals surface area (Å²) in [5.74, 6) is 1.88. The Morgan fingerprint density at radius 2 is 1.92 bits per heavy atom. The standard InChI is InChI=1S/C19H29N3O3/c1-13-16(14(2)25-20-13)12-21-8-5-18-17(21)3-4-19(23)22(18)11-15-6-9-24-10-7-15/h15,17-18H,3-12H2,1-2H3/t17-,18-/m0/s1. The quantitative estimate of drug-likeness (QED) is 0.836. The van der Waals surface area contributed by atoms with Gasteiger partial charge in [-0.3, -0.25) is 9.69 Å². The first-order valence-corrected chi connectivity index (χ1v) is 9.66. The molecule has 3 saturated heterocycles. The third-order valence-electron chi connectivity index (χ3n) is 6.34. The van der Waals surface area contributed by atoms with Crippen molar-refractivity contribution in [3.05, 3.63) is 17.0 Å². The van der Waals surface area contributed by atoms with Gasteiger partial charge < -0.3 is 14.2 Å². The lowest BCUT2D eigenvalue weighted by Gasteiger charge is -2.42. The van der Waals surface area contributed by atoms with Crippen LogP contribution in [0.25, 0.3) is 0 Å². The van der Waals surface area contributed by atoms with Crippen molar-refractivity contribution in [3.63, 3.8) is 0 Å². The van der Waals surface area contributed by atoms with E-state index in [1.807, 2.05) is 13.8 Å². The second-order valence-electron chi connectivity index (χ2n) is 7.84. The van der Waals surface area contributed by atoms with Crippen molar-refractivity contribution in [3.8, 4) is 0 Å². The van der Waals surface area contributed by atoms with E-state index in [0.29, 0.717) is 30.3 Å². The number of hydrogen-bond acceptors (Lipinski definition) is 5. The van der Waals surface area contributed by atoms with Crippen molar-refractivity contribution in [2.24, 2.45) is 5.92 Å². The highest BCUT2D eigenvalue weighted by Crippen LogP contribution is 2.34. The van der Waals surface area contributed by atoms with Crippen molar-refractivity contribution in [2.45, 2.75) is 64.6 Å². The van der Waals surface area contributed by atoms with Crippen LogP contribution in [0.5, 0.6) is 0 Å². The number of hydrogen-bond donors (Lipinski definition) is 0. The summed E-state index contributed by atoms with van der Waals surface area (Å²) in [7, 11) is 0. The third kappa shape index (κ3) is 3.34. The smallest absolute Gasteiger partial charge is 0.222 e. The Balaban J connectivity index is 1.45. The molecule has 0 aromatic carbocycles. The molecule has 0 saturated carbocycles. The third-order valence-corrected chi connectivity index (χ3v) is 6.34. The van der Waals surface area contributed by atoms with Crippen LogP contribution in [0, 0.1) is 19.8 Å². The van der Waals surface area contributed by atoms with Gasteiger partial charge in [-0.25, -0.2) is 0 Å². The van der Waals surface area contributed by atoms with Crippen LogP contribution >= 0.6 is 0 Å². The summed E-state index contributed by atoms with van der Waals surface area (Å²) in [6.45, 7) is 8.56. The number of fused-ring (bicyclic) bond motifs is 1. The lowest BCUT2D eigenvalue weighted by Crippen LogP contribution is -2.53. The Morgan fingerprint density at radius 1 is 1.12 bits per heavy atom. The number of amides is 1. The molecule has 1 aromatic heterocycles. The van der Waals surface area contributed by atoms with E-state index in [-0.39, 0.29) is 0 Å². The average molecular weight is 347 g/mol. The molecule has 2 atom stereocenters. The van der Waals surface area contributed by atoms with Crippen LogP contribution in [0.4, 0.5) is 0 Å². The van der Waals surface area contributed by atoms with Crippen LogP contribution in [0.1, 0.15) is 49.1 Å². The molecule has 3 aliphatic rings. The molecule has 4 rings (SSSR count). The molecule has 3 fully saturated rings. The van der Waals surface area contributed by atoms with Crippen LogP contribution in [-0.4, -0.2) is 59.3 Å². The summed E-state index contributed by atoms with van der Waals surface area (Å²) >= 11 is 0. The Morgan fingerprint density at radius 3 is 2.64 bits per heavy atom. The van der Waals surface area contributed by atoms with Gasteiger partial charge in [0.25, 0.3) is 0 Å². The van der Waals surface area contributed by atoms with Crippen LogP contribution in [0.15, 0.2) is 4.52 Å². The SMILES string of the molecule is Cc1noc(C)c1CN1CC[C@H]2[C@@H]1CCC(=O)N2CC1CCOCC1. The molecule has 25 heavy (non-hydrogen) atoms. The first-order chi connectivity index (χ1) is 12.1. The maximum absolute atomic E-state index is 12.6. The summed E-state index contributed by atoms with van der Waals surface area (Å²) < 4.78 is 10.8. The zero-order valence-electron chi connectivity index (χ0n) is 15.4. The Labute approximate surface area is 149 Å². The number of nitrogens with zero attached hydrogens (tertiary/aromatic N) is 3. The predicted molar refractivity (Wildman–Crippen MR) is 93.1 cm³/mol.